The summed E-state index contributed by atoms with van der Waals surface area (Å²) in [6.45, 7) is 6.33. The molecule has 0 amide bonds. The summed E-state index contributed by atoms with van der Waals surface area (Å²) < 4.78 is 0. The van der Waals surface area contributed by atoms with E-state index in [4.69, 9.17) is 0 Å². The summed E-state index contributed by atoms with van der Waals surface area (Å²) in [5.74, 6) is 3.04. The summed E-state index contributed by atoms with van der Waals surface area (Å²) in [5.41, 5.74) is 1.21. The van der Waals surface area contributed by atoms with Crippen molar-refractivity contribution in [3.05, 3.63) is 11.9 Å². The number of piperidine rings is 1. The quantitative estimate of drug-likeness (QED) is 0.917. The van der Waals surface area contributed by atoms with Crippen LogP contribution in [0.25, 0.3) is 0 Å². The Morgan fingerprint density at radius 2 is 2.00 bits per heavy atom. The van der Waals surface area contributed by atoms with Crippen molar-refractivity contribution < 1.29 is 0 Å². The minimum absolute atomic E-state index is 0.709. The molecule has 1 saturated heterocycles. The number of hydrogen-bond acceptors (Lipinski definition) is 4. The highest BCUT2D eigenvalue weighted by Crippen LogP contribution is 2.38. The average molecular weight is 274 g/mol. The van der Waals surface area contributed by atoms with Crippen LogP contribution in [0.3, 0.4) is 0 Å². The van der Waals surface area contributed by atoms with Crippen LogP contribution in [-0.2, 0) is 0 Å². The Balaban J connectivity index is 1.89. The highest BCUT2D eigenvalue weighted by molar-refractivity contribution is 5.58. The van der Waals surface area contributed by atoms with E-state index in [1.54, 1.807) is 6.33 Å². The van der Waals surface area contributed by atoms with E-state index >= 15 is 0 Å². The topological polar surface area (TPSA) is 41.1 Å². The molecule has 1 N–H and O–H groups in total. The van der Waals surface area contributed by atoms with E-state index in [-0.39, 0.29) is 0 Å². The van der Waals surface area contributed by atoms with Crippen LogP contribution in [0.1, 0.15) is 51.0 Å². The lowest BCUT2D eigenvalue weighted by atomic mass is 9.78. The van der Waals surface area contributed by atoms with Gasteiger partial charge in [0.2, 0.25) is 0 Å². The van der Waals surface area contributed by atoms with Crippen LogP contribution < -0.4 is 10.2 Å². The van der Waals surface area contributed by atoms with E-state index in [0.29, 0.717) is 6.04 Å². The Morgan fingerprint density at radius 3 is 2.85 bits per heavy atom. The Bertz CT molecular complexity index is 458. The van der Waals surface area contributed by atoms with Crippen molar-refractivity contribution in [3.8, 4) is 0 Å². The smallest absolute Gasteiger partial charge is 0.137 e. The van der Waals surface area contributed by atoms with E-state index in [1.165, 1.54) is 44.1 Å². The van der Waals surface area contributed by atoms with Crippen LogP contribution in [0.5, 0.6) is 0 Å². The fourth-order valence-corrected chi connectivity index (χ4v) is 3.96. The van der Waals surface area contributed by atoms with Gasteiger partial charge in [0.15, 0.2) is 0 Å². The van der Waals surface area contributed by atoms with E-state index in [9.17, 15) is 0 Å². The summed E-state index contributed by atoms with van der Waals surface area (Å²) >= 11 is 0. The van der Waals surface area contributed by atoms with Gasteiger partial charge in [-0.05, 0) is 45.4 Å². The summed E-state index contributed by atoms with van der Waals surface area (Å²) in [5, 5.41) is 3.35. The lowest BCUT2D eigenvalue weighted by molar-refractivity contribution is 0.242. The Hall–Kier alpha value is -1.32. The number of rotatable bonds is 3. The zero-order valence-corrected chi connectivity index (χ0v) is 12.7. The molecular formula is C16H26N4. The van der Waals surface area contributed by atoms with Gasteiger partial charge in [-0.2, -0.15) is 0 Å². The second-order valence-corrected chi connectivity index (χ2v) is 6.15. The van der Waals surface area contributed by atoms with Gasteiger partial charge in [0.1, 0.15) is 18.0 Å². The molecule has 0 bridgehead atoms. The molecule has 20 heavy (non-hydrogen) atoms. The number of anilines is 2. The third-order valence-corrected chi connectivity index (χ3v) is 4.92. The van der Waals surface area contributed by atoms with Crippen LogP contribution in [-0.4, -0.2) is 29.1 Å². The Morgan fingerprint density at radius 1 is 1.20 bits per heavy atom. The largest absolute Gasteiger partial charge is 0.370 e. The molecule has 1 aliphatic carbocycles. The summed E-state index contributed by atoms with van der Waals surface area (Å²) in [6.07, 6.45) is 9.97. The number of hydrogen-bond donors (Lipinski definition) is 1. The van der Waals surface area contributed by atoms with Gasteiger partial charge in [-0.3, -0.25) is 0 Å². The number of nitrogens with zero attached hydrogens (tertiary/aromatic N) is 3. The van der Waals surface area contributed by atoms with Crippen molar-refractivity contribution in [2.45, 2.75) is 58.4 Å². The monoisotopic (exact) mass is 274 g/mol. The third kappa shape index (κ3) is 2.48. The predicted octanol–water partition coefficient (Wildman–Crippen LogP) is 3.38. The van der Waals surface area contributed by atoms with Crippen molar-refractivity contribution >= 4 is 11.6 Å². The highest BCUT2D eigenvalue weighted by atomic mass is 15.2. The number of fused-ring (bicyclic) bond motifs is 1. The van der Waals surface area contributed by atoms with E-state index in [2.05, 4.69) is 34.0 Å². The van der Waals surface area contributed by atoms with Crippen LogP contribution in [0.4, 0.5) is 11.6 Å². The Kier molecular flexibility index (Phi) is 4.08. The maximum atomic E-state index is 4.61. The van der Waals surface area contributed by atoms with Gasteiger partial charge >= 0.3 is 0 Å². The zero-order valence-electron chi connectivity index (χ0n) is 12.7. The molecular weight excluding hydrogens is 248 g/mol. The molecule has 2 atom stereocenters. The van der Waals surface area contributed by atoms with Crippen molar-refractivity contribution in [1.82, 2.24) is 9.97 Å². The summed E-state index contributed by atoms with van der Waals surface area (Å²) in [4.78, 5) is 11.6. The molecule has 0 spiro atoms. The molecule has 4 nitrogen and oxygen atoms in total. The van der Waals surface area contributed by atoms with Gasteiger partial charge in [0.05, 0.1) is 0 Å². The SMILES string of the molecule is CCNc1ncnc(N2CCCC3CCCCC32)c1C. The molecule has 1 aliphatic heterocycles. The molecule has 4 heteroatoms. The third-order valence-electron chi connectivity index (χ3n) is 4.92. The van der Waals surface area contributed by atoms with Gasteiger partial charge < -0.3 is 10.2 Å². The molecule has 0 radical (unpaired) electrons. The van der Waals surface area contributed by atoms with Crippen molar-refractivity contribution in [1.29, 1.82) is 0 Å². The summed E-state index contributed by atoms with van der Waals surface area (Å²) in [7, 11) is 0. The first kappa shape index (κ1) is 13.7. The maximum absolute atomic E-state index is 4.61. The predicted molar refractivity (Wildman–Crippen MR) is 83.3 cm³/mol. The van der Waals surface area contributed by atoms with Gasteiger partial charge in [-0.25, -0.2) is 9.97 Å². The van der Waals surface area contributed by atoms with Crippen LogP contribution in [0.15, 0.2) is 6.33 Å². The molecule has 1 aromatic heterocycles. The molecule has 1 saturated carbocycles. The van der Waals surface area contributed by atoms with Crippen molar-refractivity contribution in [2.75, 3.05) is 23.3 Å². The molecule has 2 fully saturated rings. The maximum Gasteiger partial charge on any atom is 0.137 e. The molecule has 2 unspecified atom stereocenters. The second-order valence-electron chi connectivity index (χ2n) is 6.15. The van der Waals surface area contributed by atoms with Gasteiger partial charge in [-0.1, -0.05) is 12.8 Å². The van der Waals surface area contributed by atoms with Crippen LogP contribution in [0, 0.1) is 12.8 Å². The zero-order chi connectivity index (χ0) is 13.9. The number of aromatic nitrogens is 2. The lowest BCUT2D eigenvalue weighted by Crippen LogP contribution is -2.47. The summed E-state index contributed by atoms with van der Waals surface area (Å²) in [6, 6.07) is 0.709. The second kappa shape index (κ2) is 5.98. The fourth-order valence-electron chi connectivity index (χ4n) is 3.96. The van der Waals surface area contributed by atoms with E-state index in [0.717, 1.165) is 30.6 Å². The fraction of sp³-hybridized carbons (Fsp3) is 0.750. The minimum Gasteiger partial charge on any atom is -0.370 e. The van der Waals surface area contributed by atoms with Gasteiger partial charge in [-0.15, -0.1) is 0 Å². The molecule has 2 aliphatic rings. The Labute approximate surface area is 122 Å². The highest BCUT2D eigenvalue weighted by Gasteiger charge is 2.34. The molecule has 0 aromatic carbocycles. The molecule has 1 aromatic rings. The molecule has 3 rings (SSSR count). The van der Waals surface area contributed by atoms with Crippen LogP contribution in [0.2, 0.25) is 0 Å². The van der Waals surface area contributed by atoms with Gasteiger partial charge in [0, 0.05) is 24.7 Å². The minimum atomic E-state index is 0.709. The number of nitrogens with one attached hydrogen (secondary N) is 1. The normalized spacial score (nSPS) is 26.2. The van der Waals surface area contributed by atoms with E-state index < -0.39 is 0 Å². The molecule has 110 valence electrons. The van der Waals surface area contributed by atoms with Crippen LogP contribution >= 0.6 is 0 Å². The standard InChI is InChI=1S/C16H26N4/c1-3-17-15-12(2)16(19-11-18-15)20-10-6-8-13-7-4-5-9-14(13)20/h11,13-14H,3-10H2,1-2H3,(H,17,18,19). The van der Waals surface area contributed by atoms with Crippen molar-refractivity contribution in [2.24, 2.45) is 5.92 Å². The van der Waals surface area contributed by atoms with E-state index in [1.807, 2.05) is 0 Å². The average Bonchev–Trinajstić information content (AvgIpc) is 2.49. The van der Waals surface area contributed by atoms with Gasteiger partial charge in [0.25, 0.3) is 0 Å². The lowest BCUT2D eigenvalue weighted by Gasteiger charge is -2.45. The first-order valence-corrected chi connectivity index (χ1v) is 8.13. The molecule has 2 heterocycles. The first-order valence-electron chi connectivity index (χ1n) is 8.13. The first-order chi connectivity index (χ1) is 9.81. The van der Waals surface area contributed by atoms with Crippen molar-refractivity contribution in [3.63, 3.8) is 0 Å².